The molecule has 3 rings (SSSR count). The van der Waals surface area contributed by atoms with Gasteiger partial charge in [-0.3, -0.25) is 4.98 Å². The Balaban J connectivity index is 1.78. The van der Waals surface area contributed by atoms with E-state index in [1.54, 1.807) is 6.20 Å². The van der Waals surface area contributed by atoms with Crippen LogP contribution in [-0.4, -0.2) is 57.4 Å². The Morgan fingerprint density at radius 2 is 1.87 bits per heavy atom. The van der Waals surface area contributed by atoms with Crippen LogP contribution in [0.3, 0.4) is 0 Å². The second kappa shape index (κ2) is 7.08. The summed E-state index contributed by atoms with van der Waals surface area (Å²) >= 11 is 0. The number of aryl methyl sites for hydroxylation is 2. The smallest absolute Gasteiger partial charge is 0.174 e. The molecule has 23 heavy (non-hydrogen) atoms. The predicted octanol–water partition coefficient (Wildman–Crippen LogP) is 2.20. The largest absolute Gasteiger partial charge is 0.354 e. The van der Waals surface area contributed by atoms with E-state index < -0.39 is 0 Å². The summed E-state index contributed by atoms with van der Waals surface area (Å²) in [6, 6.07) is 2.06. The van der Waals surface area contributed by atoms with Crippen molar-refractivity contribution in [3.05, 3.63) is 29.8 Å². The number of hydrogen-bond donors (Lipinski definition) is 0. The molecule has 6 nitrogen and oxygen atoms in total. The molecule has 3 heterocycles. The molecule has 0 N–H and O–H groups in total. The van der Waals surface area contributed by atoms with Crippen LogP contribution in [0.4, 0.5) is 5.82 Å². The van der Waals surface area contributed by atoms with E-state index in [1.807, 2.05) is 24.7 Å². The van der Waals surface area contributed by atoms with E-state index >= 15 is 0 Å². The van der Waals surface area contributed by atoms with Crippen molar-refractivity contribution in [2.45, 2.75) is 33.6 Å². The van der Waals surface area contributed by atoms with Gasteiger partial charge in [0.2, 0.25) is 0 Å². The lowest BCUT2D eigenvalue weighted by atomic mass is 10.3. The van der Waals surface area contributed by atoms with E-state index in [1.165, 1.54) is 25.9 Å². The minimum absolute atomic E-state index is 0.794. The molecule has 1 fully saturated rings. The van der Waals surface area contributed by atoms with Crippen LogP contribution in [0.2, 0.25) is 0 Å². The van der Waals surface area contributed by atoms with E-state index in [9.17, 15) is 0 Å². The number of nitrogens with zero attached hydrogens (tertiary/aromatic N) is 6. The zero-order chi connectivity index (χ0) is 16.2. The molecule has 0 radical (unpaired) electrons. The summed E-state index contributed by atoms with van der Waals surface area (Å²) in [4.78, 5) is 14.1. The van der Waals surface area contributed by atoms with Gasteiger partial charge >= 0.3 is 0 Å². The normalized spacial score (nSPS) is 16.6. The summed E-state index contributed by atoms with van der Waals surface area (Å²) < 4.78 is 1.87. The summed E-state index contributed by atoms with van der Waals surface area (Å²) in [5.41, 5.74) is 2.08. The van der Waals surface area contributed by atoms with Crippen molar-refractivity contribution in [1.29, 1.82) is 0 Å². The molecule has 2 aromatic rings. The van der Waals surface area contributed by atoms with E-state index in [0.29, 0.717) is 0 Å². The molecule has 124 valence electrons. The highest BCUT2D eigenvalue weighted by Crippen LogP contribution is 2.16. The standard InChI is InChI=1S/C17H26N6/c1-4-6-21-7-5-8-22(10-9-21)16-12-18-13-17(19-16)23-15(3)11-14(2)20-23/h11-13H,4-10H2,1-3H3. The van der Waals surface area contributed by atoms with Crippen molar-refractivity contribution < 1.29 is 0 Å². The first-order chi connectivity index (χ1) is 11.2. The summed E-state index contributed by atoms with van der Waals surface area (Å²) in [7, 11) is 0. The maximum atomic E-state index is 4.80. The fourth-order valence-corrected chi connectivity index (χ4v) is 3.20. The van der Waals surface area contributed by atoms with Gasteiger partial charge in [-0.2, -0.15) is 5.10 Å². The van der Waals surface area contributed by atoms with Gasteiger partial charge in [0.1, 0.15) is 5.82 Å². The maximum absolute atomic E-state index is 4.80. The number of rotatable bonds is 4. The summed E-state index contributed by atoms with van der Waals surface area (Å²) in [5, 5.41) is 4.51. The van der Waals surface area contributed by atoms with E-state index in [4.69, 9.17) is 4.98 Å². The Morgan fingerprint density at radius 3 is 2.61 bits per heavy atom. The molecular weight excluding hydrogens is 288 g/mol. The second-order valence-electron chi connectivity index (χ2n) is 6.26. The van der Waals surface area contributed by atoms with Gasteiger partial charge < -0.3 is 9.80 Å². The van der Waals surface area contributed by atoms with Crippen molar-refractivity contribution in [2.24, 2.45) is 0 Å². The van der Waals surface area contributed by atoms with Gasteiger partial charge in [-0.25, -0.2) is 9.67 Å². The predicted molar refractivity (Wildman–Crippen MR) is 92.2 cm³/mol. The van der Waals surface area contributed by atoms with Crippen LogP contribution < -0.4 is 4.90 Å². The van der Waals surface area contributed by atoms with Crippen molar-refractivity contribution >= 4 is 5.82 Å². The molecule has 0 spiro atoms. The summed E-state index contributed by atoms with van der Waals surface area (Å²) in [6.45, 7) is 11.8. The number of hydrogen-bond acceptors (Lipinski definition) is 5. The van der Waals surface area contributed by atoms with Crippen LogP contribution in [0, 0.1) is 13.8 Å². The average molecular weight is 314 g/mol. The van der Waals surface area contributed by atoms with Gasteiger partial charge in [0.05, 0.1) is 18.1 Å². The average Bonchev–Trinajstić information content (AvgIpc) is 2.74. The zero-order valence-electron chi connectivity index (χ0n) is 14.4. The summed E-state index contributed by atoms with van der Waals surface area (Å²) in [5.74, 6) is 1.75. The molecule has 0 aromatic carbocycles. The Labute approximate surface area is 138 Å². The number of aromatic nitrogens is 4. The van der Waals surface area contributed by atoms with Gasteiger partial charge in [0, 0.05) is 25.3 Å². The highest BCUT2D eigenvalue weighted by Gasteiger charge is 2.16. The van der Waals surface area contributed by atoms with Crippen LogP contribution in [0.1, 0.15) is 31.2 Å². The van der Waals surface area contributed by atoms with Crippen LogP contribution >= 0.6 is 0 Å². The van der Waals surface area contributed by atoms with E-state index in [2.05, 4.69) is 32.9 Å². The maximum Gasteiger partial charge on any atom is 0.174 e. The van der Waals surface area contributed by atoms with Crippen LogP contribution in [0.25, 0.3) is 5.82 Å². The third-order valence-electron chi connectivity index (χ3n) is 4.29. The van der Waals surface area contributed by atoms with Gasteiger partial charge in [-0.05, 0) is 45.8 Å². The molecule has 0 amide bonds. The first-order valence-corrected chi connectivity index (χ1v) is 8.50. The highest BCUT2D eigenvalue weighted by atomic mass is 15.3. The molecule has 0 bridgehead atoms. The Hall–Kier alpha value is -1.95. The van der Waals surface area contributed by atoms with Crippen molar-refractivity contribution in [2.75, 3.05) is 37.6 Å². The monoisotopic (exact) mass is 314 g/mol. The molecule has 0 unspecified atom stereocenters. The molecule has 0 atom stereocenters. The molecule has 1 saturated heterocycles. The SMILES string of the molecule is CCCN1CCCN(c2cncc(-n3nc(C)cc3C)n2)CC1. The lowest BCUT2D eigenvalue weighted by molar-refractivity contribution is 0.294. The topological polar surface area (TPSA) is 50.1 Å². The van der Waals surface area contributed by atoms with E-state index in [-0.39, 0.29) is 0 Å². The molecule has 6 heteroatoms. The number of anilines is 1. The third kappa shape index (κ3) is 3.69. The molecular formula is C17H26N6. The fourth-order valence-electron chi connectivity index (χ4n) is 3.20. The molecule has 0 aliphatic carbocycles. The lowest BCUT2D eigenvalue weighted by Gasteiger charge is -2.22. The Kier molecular flexibility index (Phi) is 4.91. The van der Waals surface area contributed by atoms with Crippen molar-refractivity contribution in [3.63, 3.8) is 0 Å². The first kappa shape index (κ1) is 15.9. The van der Waals surface area contributed by atoms with Crippen LogP contribution in [0.15, 0.2) is 18.5 Å². The quantitative estimate of drug-likeness (QED) is 0.866. The van der Waals surface area contributed by atoms with Crippen LogP contribution in [0.5, 0.6) is 0 Å². The minimum atomic E-state index is 0.794. The molecule has 1 aliphatic heterocycles. The van der Waals surface area contributed by atoms with Crippen molar-refractivity contribution in [3.8, 4) is 5.82 Å². The third-order valence-corrected chi connectivity index (χ3v) is 4.29. The molecule has 2 aromatic heterocycles. The van der Waals surface area contributed by atoms with Crippen LogP contribution in [-0.2, 0) is 0 Å². The van der Waals surface area contributed by atoms with Gasteiger partial charge in [-0.1, -0.05) is 6.92 Å². The minimum Gasteiger partial charge on any atom is -0.354 e. The fraction of sp³-hybridized carbons (Fsp3) is 0.588. The second-order valence-corrected chi connectivity index (χ2v) is 6.26. The Bertz CT molecular complexity index is 650. The van der Waals surface area contributed by atoms with Crippen molar-refractivity contribution in [1.82, 2.24) is 24.6 Å². The molecule has 0 saturated carbocycles. The first-order valence-electron chi connectivity index (χ1n) is 8.50. The molecule has 1 aliphatic rings. The van der Waals surface area contributed by atoms with Gasteiger partial charge in [-0.15, -0.1) is 0 Å². The lowest BCUT2D eigenvalue weighted by Crippen LogP contribution is -2.31. The van der Waals surface area contributed by atoms with Gasteiger partial charge in [0.15, 0.2) is 5.82 Å². The summed E-state index contributed by atoms with van der Waals surface area (Å²) in [6.07, 6.45) is 6.04. The zero-order valence-corrected chi connectivity index (χ0v) is 14.4. The van der Waals surface area contributed by atoms with E-state index in [0.717, 1.165) is 42.7 Å². The van der Waals surface area contributed by atoms with Gasteiger partial charge in [0.25, 0.3) is 0 Å². The highest BCUT2D eigenvalue weighted by molar-refractivity contribution is 5.40. The Morgan fingerprint density at radius 1 is 1.04 bits per heavy atom.